The van der Waals surface area contributed by atoms with Crippen molar-refractivity contribution in [3.63, 3.8) is 0 Å². The molecule has 0 aliphatic carbocycles. The highest BCUT2D eigenvalue weighted by Gasteiger charge is 2.12. The molecule has 1 atom stereocenters. The van der Waals surface area contributed by atoms with Crippen LogP contribution in [0.5, 0.6) is 0 Å². The Morgan fingerprint density at radius 2 is 2.05 bits per heavy atom. The van der Waals surface area contributed by atoms with Gasteiger partial charge in [0.15, 0.2) is 0 Å². The number of rotatable bonds is 6. The van der Waals surface area contributed by atoms with Crippen LogP contribution in [-0.4, -0.2) is 37.1 Å². The average molecular weight is 264 g/mol. The molecule has 0 amide bonds. The number of piperidine rings is 1. The summed E-state index contributed by atoms with van der Waals surface area (Å²) >= 11 is 0. The smallest absolute Gasteiger partial charge is 0.123 e. The molecule has 1 aliphatic heterocycles. The van der Waals surface area contributed by atoms with Gasteiger partial charge in [0, 0.05) is 12.6 Å². The minimum atomic E-state index is -0.140. The fraction of sp³-hybridized carbons (Fsp3) is 0.625. The lowest BCUT2D eigenvalue weighted by Gasteiger charge is -2.29. The quantitative estimate of drug-likeness (QED) is 0.850. The molecule has 0 bridgehead atoms. The Morgan fingerprint density at radius 1 is 1.26 bits per heavy atom. The van der Waals surface area contributed by atoms with Gasteiger partial charge in [0.1, 0.15) is 5.82 Å². The summed E-state index contributed by atoms with van der Waals surface area (Å²) in [5, 5.41) is 3.53. The van der Waals surface area contributed by atoms with Crippen molar-refractivity contribution in [2.45, 2.75) is 38.6 Å². The topological polar surface area (TPSA) is 15.3 Å². The molecule has 1 saturated heterocycles. The Bertz CT molecular complexity index is 375. The van der Waals surface area contributed by atoms with E-state index in [1.807, 2.05) is 6.07 Å². The Balaban J connectivity index is 1.64. The summed E-state index contributed by atoms with van der Waals surface area (Å²) in [6, 6.07) is 7.39. The normalized spacial score (nSPS) is 18.4. The molecule has 1 aromatic carbocycles. The van der Waals surface area contributed by atoms with Crippen molar-refractivity contribution >= 4 is 0 Å². The Morgan fingerprint density at radius 3 is 2.79 bits per heavy atom. The van der Waals surface area contributed by atoms with Crippen LogP contribution in [-0.2, 0) is 6.42 Å². The van der Waals surface area contributed by atoms with Crippen molar-refractivity contribution in [2.75, 3.05) is 26.2 Å². The minimum absolute atomic E-state index is 0.140. The Kier molecular flexibility index (Phi) is 5.80. The van der Waals surface area contributed by atoms with Gasteiger partial charge in [-0.2, -0.15) is 0 Å². The van der Waals surface area contributed by atoms with Crippen molar-refractivity contribution in [3.05, 3.63) is 35.6 Å². The molecule has 2 rings (SSSR count). The molecule has 0 spiro atoms. The van der Waals surface area contributed by atoms with E-state index in [9.17, 15) is 4.39 Å². The van der Waals surface area contributed by atoms with Crippen LogP contribution in [0.25, 0.3) is 0 Å². The monoisotopic (exact) mass is 264 g/mol. The van der Waals surface area contributed by atoms with E-state index >= 15 is 0 Å². The fourth-order valence-electron chi connectivity index (χ4n) is 2.75. The van der Waals surface area contributed by atoms with E-state index in [1.165, 1.54) is 38.4 Å². The summed E-state index contributed by atoms with van der Waals surface area (Å²) in [5.74, 6) is -0.140. The highest BCUT2D eigenvalue weighted by atomic mass is 19.1. The van der Waals surface area contributed by atoms with Gasteiger partial charge in [-0.15, -0.1) is 0 Å². The zero-order valence-corrected chi connectivity index (χ0v) is 11.9. The number of nitrogens with one attached hydrogen (secondary N) is 1. The first-order chi connectivity index (χ1) is 9.24. The largest absolute Gasteiger partial charge is 0.313 e. The zero-order valence-electron chi connectivity index (χ0n) is 11.9. The van der Waals surface area contributed by atoms with E-state index in [0.29, 0.717) is 6.04 Å². The van der Waals surface area contributed by atoms with Gasteiger partial charge in [-0.25, -0.2) is 4.39 Å². The third-order valence-corrected chi connectivity index (χ3v) is 3.78. The van der Waals surface area contributed by atoms with Gasteiger partial charge >= 0.3 is 0 Å². The number of hydrogen-bond donors (Lipinski definition) is 1. The third-order valence-electron chi connectivity index (χ3n) is 3.78. The summed E-state index contributed by atoms with van der Waals surface area (Å²) in [6.07, 6.45) is 4.96. The van der Waals surface area contributed by atoms with E-state index in [2.05, 4.69) is 17.1 Å². The minimum Gasteiger partial charge on any atom is -0.313 e. The number of hydrogen-bond acceptors (Lipinski definition) is 2. The molecule has 0 radical (unpaired) electrons. The average Bonchev–Trinajstić information content (AvgIpc) is 2.40. The fourth-order valence-corrected chi connectivity index (χ4v) is 2.75. The van der Waals surface area contributed by atoms with Gasteiger partial charge < -0.3 is 10.2 Å². The van der Waals surface area contributed by atoms with Crippen LogP contribution in [0.4, 0.5) is 4.39 Å². The molecule has 0 saturated carbocycles. The van der Waals surface area contributed by atoms with E-state index in [1.54, 1.807) is 12.1 Å². The molecule has 1 N–H and O–H groups in total. The van der Waals surface area contributed by atoms with Gasteiger partial charge in [0.2, 0.25) is 0 Å². The van der Waals surface area contributed by atoms with Crippen molar-refractivity contribution in [1.82, 2.24) is 10.2 Å². The number of halogens is 1. The zero-order chi connectivity index (χ0) is 13.5. The highest BCUT2D eigenvalue weighted by Crippen LogP contribution is 2.09. The molecule has 106 valence electrons. The van der Waals surface area contributed by atoms with Gasteiger partial charge in [-0.1, -0.05) is 18.6 Å². The van der Waals surface area contributed by atoms with Crippen molar-refractivity contribution in [2.24, 2.45) is 0 Å². The molecule has 0 aromatic heterocycles. The lowest BCUT2D eigenvalue weighted by atomic mass is 10.1. The van der Waals surface area contributed by atoms with Gasteiger partial charge in [0.25, 0.3) is 0 Å². The summed E-state index contributed by atoms with van der Waals surface area (Å²) in [4.78, 5) is 2.54. The van der Waals surface area contributed by atoms with Crippen molar-refractivity contribution in [3.8, 4) is 0 Å². The van der Waals surface area contributed by atoms with Crippen LogP contribution in [0.3, 0.4) is 0 Å². The lowest BCUT2D eigenvalue weighted by molar-refractivity contribution is 0.209. The van der Waals surface area contributed by atoms with Crippen LogP contribution >= 0.6 is 0 Å². The molecule has 1 aromatic rings. The summed E-state index contributed by atoms with van der Waals surface area (Å²) in [7, 11) is 0. The van der Waals surface area contributed by atoms with Gasteiger partial charge in [0.05, 0.1) is 0 Å². The maximum Gasteiger partial charge on any atom is 0.123 e. The second-order valence-electron chi connectivity index (χ2n) is 5.60. The summed E-state index contributed by atoms with van der Waals surface area (Å²) in [5.41, 5.74) is 1.07. The van der Waals surface area contributed by atoms with E-state index in [0.717, 1.165) is 25.1 Å². The van der Waals surface area contributed by atoms with Crippen molar-refractivity contribution < 1.29 is 4.39 Å². The molecule has 1 fully saturated rings. The molecule has 2 nitrogen and oxygen atoms in total. The molecular formula is C16H25FN2. The Labute approximate surface area is 116 Å². The van der Waals surface area contributed by atoms with E-state index < -0.39 is 0 Å². The first-order valence-electron chi connectivity index (χ1n) is 7.44. The van der Waals surface area contributed by atoms with Gasteiger partial charge in [-0.05, 0) is 63.5 Å². The second-order valence-corrected chi connectivity index (χ2v) is 5.60. The number of benzene rings is 1. The molecule has 1 heterocycles. The molecule has 1 aliphatic rings. The maximum absolute atomic E-state index is 13.0. The van der Waals surface area contributed by atoms with Crippen LogP contribution in [0.15, 0.2) is 24.3 Å². The predicted molar refractivity (Wildman–Crippen MR) is 77.9 cm³/mol. The van der Waals surface area contributed by atoms with Crippen molar-refractivity contribution in [1.29, 1.82) is 0 Å². The molecule has 1 unspecified atom stereocenters. The second kappa shape index (κ2) is 7.61. The summed E-state index contributed by atoms with van der Waals surface area (Å²) < 4.78 is 13.0. The van der Waals surface area contributed by atoms with Gasteiger partial charge in [-0.3, -0.25) is 0 Å². The number of nitrogens with zero attached hydrogens (tertiary/aromatic N) is 1. The molecule has 3 heteroatoms. The SMILES string of the molecule is CC(CN1CCCCC1)NCCc1cccc(F)c1. The third kappa shape index (κ3) is 5.29. The highest BCUT2D eigenvalue weighted by molar-refractivity contribution is 5.16. The molecule has 19 heavy (non-hydrogen) atoms. The van der Waals surface area contributed by atoms with E-state index in [-0.39, 0.29) is 5.82 Å². The van der Waals surface area contributed by atoms with Crippen LogP contribution in [0.1, 0.15) is 31.7 Å². The van der Waals surface area contributed by atoms with E-state index in [4.69, 9.17) is 0 Å². The first-order valence-corrected chi connectivity index (χ1v) is 7.44. The maximum atomic E-state index is 13.0. The van der Waals surface area contributed by atoms with Crippen LogP contribution in [0.2, 0.25) is 0 Å². The number of likely N-dealkylation sites (tertiary alicyclic amines) is 1. The Hall–Kier alpha value is -0.930. The predicted octanol–water partition coefficient (Wildman–Crippen LogP) is 2.83. The van der Waals surface area contributed by atoms with Crippen LogP contribution in [0, 0.1) is 5.82 Å². The lowest BCUT2D eigenvalue weighted by Crippen LogP contribution is -2.42. The standard InChI is InChI=1S/C16H25FN2/c1-14(13-19-10-3-2-4-11-19)18-9-8-15-6-5-7-16(17)12-15/h5-7,12,14,18H,2-4,8-11,13H2,1H3. The van der Waals surface area contributed by atoms with Crippen LogP contribution < -0.4 is 5.32 Å². The molecular weight excluding hydrogens is 239 g/mol. The summed E-state index contributed by atoms with van der Waals surface area (Å²) in [6.45, 7) is 6.77. The first kappa shape index (κ1) is 14.5.